The lowest BCUT2D eigenvalue weighted by atomic mass is 10.1. The van der Waals surface area contributed by atoms with Gasteiger partial charge in [0, 0.05) is 31.7 Å². The monoisotopic (exact) mass is 465 g/mol. The fourth-order valence-electron chi connectivity index (χ4n) is 3.16. The van der Waals surface area contributed by atoms with E-state index in [-0.39, 0.29) is 17.6 Å². The highest BCUT2D eigenvalue weighted by atomic mass is 35.5. The van der Waals surface area contributed by atoms with Crippen LogP contribution < -0.4 is 5.73 Å². The Morgan fingerprint density at radius 1 is 1.31 bits per heavy atom. The molecule has 170 valence electrons. The SMILES string of the molecule is CC(c1ccc(Cl)nc1)N(C(=O)c1cn(C)nc1C(F)F)C1CC1.NC(=O)c1cn[nH]c1. The summed E-state index contributed by atoms with van der Waals surface area (Å²) in [6.45, 7) is 1.86. The molecule has 0 bridgehead atoms. The van der Waals surface area contributed by atoms with Crippen LogP contribution in [0.5, 0.6) is 0 Å². The topological polar surface area (TPSA) is 123 Å². The van der Waals surface area contributed by atoms with Gasteiger partial charge in [0.1, 0.15) is 10.8 Å². The average molecular weight is 466 g/mol. The fraction of sp³-hybridized carbons (Fsp3) is 0.350. The van der Waals surface area contributed by atoms with Crippen LogP contribution in [-0.2, 0) is 7.05 Å². The summed E-state index contributed by atoms with van der Waals surface area (Å²) in [5.74, 6) is -0.887. The molecule has 3 aromatic heterocycles. The highest BCUT2D eigenvalue weighted by Gasteiger charge is 2.39. The molecule has 0 spiro atoms. The van der Waals surface area contributed by atoms with Crippen LogP contribution in [-0.4, -0.2) is 47.7 Å². The molecular weight excluding hydrogens is 444 g/mol. The number of carbonyl (C=O) groups is 2. The number of aromatic nitrogens is 5. The molecule has 1 atom stereocenters. The van der Waals surface area contributed by atoms with Crippen LogP contribution in [0.4, 0.5) is 8.78 Å². The zero-order valence-corrected chi connectivity index (χ0v) is 18.1. The van der Waals surface area contributed by atoms with Crippen LogP contribution in [0.3, 0.4) is 0 Å². The Balaban J connectivity index is 0.000000305. The first-order chi connectivity index (χ1) is 15.2. The first-order valence-corrected chi connectivity index (χ1v) is 10.1. The lowest BCUT2D eigenvalue weighted by molar-refractivity contribution is 0.0661. The number of hydrogen-bond donors (Lipinski definition) is 2. The van der Waals surface area contributed by atoms with Crippen LogP contribution in [0.15, 0.2) is 36.9 Å². The number of aromatic amines is 1. The van der Waals surface area contributed by atoms with E-state index < -0.39 is 23.9 Å². The van der Waals surface area contributed by atoms with E-state index >= 15 is 0 Å². The predicted molar refractivity (Wildman–Crippen MR) is 112 cm³/mol. The van der Waals surface area contributed by atoms with Gasteiger partial charge in [-0.1, -0.05) is 17.7 Å². The smallest absolute Gasteiger partial charge is 0.282 e. The van der Waals surface area contributed by atoms with Crippen molar-refractivity contribution in [3.63, 3.8) is 0 Å². The highest BCUT2D eigenvalue weighted by Crippen LogP contribution is 2.36. The maximum absolute atomic E-state index is 13.2. The summed E-state index contributed by atoms with van der Waals surface area (Å²) < 4.78 is 27.6. The number of alkyl halides is 2. The number of primary amides is 1. The van der Waals surface area contributed by atoms with E-state index in [9.17, 15) is 18.4 Å². The van der Waals surface area contributed by atoms with Crippen molar-refractivity contribution in [3.8, 4) is 0 Å². The van der Waals surface area contributed by atoms with Gasteiger partial charge in [-0.25, -0.2) is 13.8 Å². The van der Waals surface area contributed by atoms with E-state index in [2.05, 4.69) is 20.3 Å². The van der Waals surface area contributed by atoms with Gasteiger partial charge in [-0.15, -0.1) is 0 Å². The van der Waals surface area contributed by atoms with E-state index in [1.807, 2.05) is 6.92 Å². The van der Waals surface area contributed by atoms with Crippen molar-refractivity contribution >= 4 is 23.4 Å². The van der Waals surface area contributed by atoms with Gasteiger partial charge in [0.05, 0.1) is 23.4 Å². The van der Waals surface area contributed by atoms with Crippen LogP contribution in [0.1, 0.15) is 64.2 Å². The van der Waals surface area contributed by atoms with Crippen molar-refractivity contribution in [1.82, 2.24) is 29.9 Å². The van der Waals surface area contributed by atoms with Crippen LogP contribution in [0.25, 0.3) is 0 Å². The molecule has 0 radical (unpaired) electrons. The number of amides is 2. The van der Waals surface area contributed by atoms with Crippen molar-refractivity contribution in [2.24, 2.45) is 12.8 Å². The second kappa shape index (κ2) is 9.86. The summed E-state index contributed by atoms with van der Waals surface area (Å²) in [5, 5.41) is 10.1. The second-order valence-electron chi connectivity index (χ2n) is 7.29. The molecule has 2 amide bonds. The lowest BCUT2D eigenvalue weighted by Crippen LogP contribution is -2.36. The number of nitrogens with zero attached hydrogens (tertiary/aromatic N) is 5. The van der Waals surface area contributed by atoms with E-state index in [0.717, 1.165) is 18.4 Å². The van der Waals surface area contributed by atoms with Crippen molar-refractivity contribution in [3.05, 3.63) is 64.5 Å². The van der Waals surface area contributed by atoms with Crippen molar-refractivity contribution in [2.75, 3.05) is 0 Å². The third kappa shape index (κ3) is 5.47. The van der Waals surface area contributed by atoms with Gasteiger partial charge in [-0.3, -0.25) is 19.4 Å². The summed E-state index contributed by atoms with van der Waals surface area (Å²) in [6.07, 6.45) is 4.71. The largest absolute Gasteiger partial charge is 0.366 e. The standard InChI is InChI=1S/C16H17ClF2N4O.C4H5N3O/c1-9(10-3-6-13(17)20-7-10)23(11-4-5-11)16(24)12-8-22(2)21-14(12)15(18)19;5-4(8)3-1-6-7-2-3/h3,6-9,11,15H,4-5H2,1-2H3;1-2H,(H2,5,8)(H,6,7). The molecule has 1 saturated carbocycles. The average Bonchev–Trinajstić information content (AvgIpc) is 3.26. The molecule has 0 aromatic carbocycles. The normalized spacial score (nSPS) is 13.9. The lowest BCUT2D eigenvalue weighted by Gasteiger charge is -2.29. The van der Waals surface area contributed by atoms with Crippen LogP contribution in [0.2, 0.25) is 5.15 Å². The molecular formula is C20H22ClF2N7O2. The summed E-state index contributed by atoms with van der Waals surface area (Å²) in [5.41, 5.74) is 5.55. The Morgan fingerprint density at radius 2 is 2.03 bits per heavy atom. The summed E-state index contributed by atoms with van der Waals surface area (Å²) in [4.78, 5) is 28.8. The Morgan fingerprint density at radius 3 is 2.50 bits per heavy atom. The number of H-pyrrole nitrogens is 1. The molecule has 1 fully saturated rings. The van der Waals surface area contributed by atoms with Gasteiger partial charge < -0.3 is 10.6 Å². The maximum Gasteiger partial charge on any atom is 0.282 e. The van der Waals surface area contributed by atoms with E-state index in [0.29, 0.717) is 10.7 Å². The molecule has 0 saturated heterocycles. The van der Waals surface area contributed by atoms with E-state index in [1.54, 1.807) is 23.2 Å². The first-order valence-electron chi connectivity index (χ1n) is 9.73. The fourth-order valence-corrected chi connectivity index (χ4v) is 3.27. The minimum atomic E-state index is -2.79. The molecule has 3 N–H and O–H groups in total. The van der Waals surface area contributed by atoms with Gasteiger partial charge >= 0.3 is 0 Å². The Labute approximate surface area is 187 Å². The van der Waals surface area contributed by atoms with E-state index in [4.69, 9.17) is 17.3 Å². The number of aryl methyl sites for hydroxylation is 1. The second-order valence-corrected chi connectivity index (χ2v) is 7.67. The van der Waals surface area contributed by atoms with Crippen molar-refractivity contribution in [2.45, 2.75) is 38.3 Å². The maximum atomic E-state index is 13.2. The van der Waals surface area contributed by atoms with Crippen LogP contribution >= 0.6 is 11.6 Å². The van der Waals surface area contributed by atoms with Gasteiger partial charge in [0.25, 0.3) is 18.2 Å². The molecule has 3 heterocycles. The van der Waals surface area contributed by atoms with Crippen molar-refractivity contribution < 1.29 is 18.4 Å². The predicted octanol–water partition coefficient (Wildman–Crippen LogP) is 3.28. The Hall–Kier alpha value is -3.34. The number of carbonyl (C=O) groups excluding carboxylic acids is 2. The number of hydrogen-bond acceptors (Lipinski definition) is 5. The number of pyridine rings is 1. The summed E-state index contributed by atoms with van der Waals surface area (Å²) in [7, 11) is 1.52. The van der Waals surface area contributed by atoms with Gasteiger partial charge in [-0.2, -0.15) is 10.2 Å². The molecule has 32 heavy (non-hydrogen) atoms. The van der Waals surface area contributed by atoms with Crippen LogP contribution in [0, 0.1) is 0 Å². The number of nitrogens with one attached hydrogen (secondary N) is 1. The molecule has 9 nitrogen and oxygen atoms in total. The third-order valence-corrected chi connectivity index (χ3v) is 5.13. The number of halogens is 3. The van der Waals surface area contributed by atoms with Gasteiger partial charge in [-0.05, 0) is 31.4 Å². The summed E-state index contributed by atoms with van der Waals surface area (Å²) >= 11 is 5.80. The molecule has 12 heteroatoms. The number of nitrogens with two attached hydrogens (primary N) is 1. The molecule has 0 aliphatic heterocycles. The molecule has 1 aliphatic rings. The van der Waals surface area contributed by atoms with Gasteiger partial charge in [0.2, 0.25) is 0 Å². The Bertz CT molecular complexity index is 1070. The van der Waals surface area contributed by atoms with Crippen molar-refractivity contribution in [1.29, 1.82) is 0 Å². The first kappa shape index (κ1) is 23.3. The Kier molecular flexibility index (Phi) is 7.18. The highest BCUT2D eigenvalue weighted by molar-refractivity contribution is 6.29. The quantitative estimate of drug-likeness (QED) is 0.541. The molecule has 3 aromatic rings. The molecule has 1 aliphatic carbocycles. The minimum absolute atomic E-state index is 0.0480. The third-order valence-electron chi connectivity index (χ3n) is 4.90. The molecule has 4 rings (SSSR count). The minimum Gasteiger partial charge on any atom is -0.366 e. The molecule has 1 unspecified atom stereocenters. The van der Waals surface area contributed by atoms with E-state index in [1.165, 1.54) is 30.3 Å². The zero-order valence-electron chi connectivity index (χ0n) is 17.4. The summed E-state index contributed by atoms with van der Waals surface area (Å²) in [6, 6.07) is 3.20. The van der Waals surface area contributed by atoms with Gasteiger partial charge in [0.15, 0.2) is 0 Å². The number of rotatable bonds is 6. The zero-order chi connectivity index (χ0) is 23.4.